The van der Waals surface area contributed by atoms with Crippen LogP contribution in [0.1, 0.15) is 36.0 Å². The van der Waals surface area contributed by atoms with Crippen molar-refractivity contribution in [2.24, 2.45) is 23.5 Å². The van der Waals surface area contributed by atoms with Gasteiger partial charge < -0.3 is 11.1 Å². The van der Waals surface area contributed by atoms with Crippen LogP contribution in [0.5, 0.6) is 0 Å². The summed E-state index contributed by atoms with van der Waals surface area (Å²) in [6.07, 6.45) is 7.18. The number of pyridine rings is 1. The Morgan fingerprint density at radius 1 is 1.39 bits per heavy atom. The van der Waals surface area contributed by atoms with E-state index < -0.39 is 5.91 Å². The fraction of sp³-hybridized carbons (Fsp3) is 0.571. The highest BCUT2D eigenvalue weighted by Gasteiger charge is 2.38. The van der Waals surface area contributed by atoms with Crippen molar-refractivity contribution in [3.8, 4) is 0 Å². The molecule has 2 aliphatic rings. The average molecular weight is 245 g/mol. The Hall–Kier alpha value is -1.58. The Morgan fingerprint density at radius 3 is 2.83 bits per heavy atom. The SMILES string of the molecule is NC(=O)c1ccc(NCC2CC3CCC2C3)nc1. The van der Waals surface area contributed by atoms with Gasteiger partial charge >= 0.3 is 0 Å². The number of carbonyl (C=O) groups is 1. The molecule has 2 bridgehead atoms. The maximum atomic E-state index is 10.9. The summed E-state index contributed by atoms with van der Waals surface area (Å²) in [4.78, 5) is 15.1. The van der Waals surface area contributed by atoms with Crippen LogP contribution in [-0.4, -0.2) is 17.4 Å². The van der Waals surface area contributed by atoms with Crippen LogP contribution in [0.3, 0.4) is 0 Å². The minimum absolute atomic E-state index is 0.429. The van der Waals surface area contributed by atoms with Crippen molar-refractivity contribution < 1.29 is 4.79 Å². The van der Waals surface area contributed by atoms with E-state index in [9.17, 15) is 4.79 Å². The van der Waals surface area contributed by atoms with Gasteiger partial charge in [0, 0.05) is 12.7 Å². The van der Waals surface area contributed by atoms with Crippen LogP contribution in [0.4, 0.5) is 5.82 Å². The highest BCUT2D eigenvalue weighted by molar-refractivity contribution is 5.92. The highest BCUT2D eigenvalue weighted by Crippen LogP contribution is 2.48. The minimum atomic E-state index is -0.429. The summed E-state index contributed by atoms with van der Waals surface area (Å²) in [5.74, 6) is 3.12. The fourth-order valence-electron chi connectivity index (χ4n) is 3.51. The van der Waals surface area contributed by atoms with E-state index in [2.05, 4.69) is 10.3 Å². The molecule has 3 atom stereocenters. The van der Waals surface area contributed by atoms with E-state index in [0.29, 0.717) is 5.56 Å². The number of nitrogens with two attached hydrogens (primary N) is 1. The molecule has 4 nitrogen and oxygen atoms in total. The van der Waals surface area contributed by atoms with E-state index in [-0.39, 0.29) is 0 Å². The molecule has 1 amide bonds. The lowest BCUT2D eigenvalue weighted by molar-refractivity contribution is 0.1000. The van der Waals surface area contributed by atoms with Crippen LogP contribution in [0, 0.1) is 17.8 Å². The average Bonchev–Trinajstić information content (AvgIpc) is 2.99. The lowest BCUT2D eigenvalue weighted by atomic mass is 9.89. The molecule has 0 saturated heterocycles. The van der Waals surface area contributed by atoms with Gasteiger partial charge in [0.15, 0.2) is 0 Å². The van der Waals surface area contributed by atoms with Crippen LogP contribution in [0.2, 0.25) is 0 Å². The molecule has 1 aromatic rings. The molecular formula is C14H19N3O. The molecular weight excluding hydrogens is 226 g/mol. The number of anilines is 1. The zero-order valence-electron chi connectivity index (χ0n) is 10.4. The van der Waals surface area contributed by atoms with Crippen molar-refractivity contribution in [3.05, 3.63) is 23.9 Å². The van der Waals surface area contributed by atoms with Crippen LogP contribution < -0.4 is 11.1 Å². The number of primary amides is 1. The number of fused-ring (bicyclic) bond motifs is 2. The van der Waals surface area contributed by atoms with Gasteiger partial charge in [-0.1, -0.05) is 6.42 Å². The zero-order chi connectivity index (χ0) is 12.5. The fourth-order valence-corrected chi connectivity index (χ4v) is 3.51. The second-order valence-corrected chi connectivity index (χ2v) is 5.61. The normalized spacial score (nSPS) is 29.4. The van der Waals surface area contributed by atoms with Gasteiger partial charge in [0.2, 0.25) is 5.91 Å². The molecule has 0 spiro atoms. The minimum Gasteiger partial charge on any atom is -0.370 e. The molecule has 96 valence electrons. The van der Waals surface area contributed by atoms with Crippen molar-refractivity contribution in [2.75, 3.05) is 11.9 Å². The van der Waals surface area contributed by atoms with Gasteiger partial charge in [0.1, 0.15) is 5.82 Å². The third-order valence-corrected chi connectivity index (χ3v) is 4.48. The summed E-state index contributed by atoms with van der Waals surface area (Å²) in [7, 11) is 0. The maximum absolute atomic E-state index is 10.9. The number of nitrogens with zero attached hydrogens (tertiary/aromatic N) is 1. The predicted molar refractivity (Wildman–Crippen MR) is 70.2 cm³/mol. The van der Waals surface area contributed by atoms with Gasteiger partial charge in [-0.05, 0) is 49.1 Å². The first-order chi connectivity index (χ1) is 8.72. The van der Waals surface area contributed by atoms with Crippen LogP contribution in [0.15, 0.2) is 18.3 Å². The summed E-state index contributed by atoms with van der Waals surface area (Å²) in [5, 5.41) is 3.37. The first-order valence-electron chi connectivity index (χ1n) is 6.72. The van der Waals surface area contributed by atoms with E-state index in [1.165, 1.54) is 31.9 Å². The molecule has 2 aliphatic carbocycles. The van der Waals surface area contributed by atoms with E-state index in [0.717, 1.165) is 30.1 Å². The Bertz CT molecular complexity index is 443. The second-order valence-electron chi connectivity index (χ2n) is 5.61. The quantitative estimate of drug-likeness (QED) is 0.852. The van der Waals surface area contributed by atoms with Crippen molar-refractivity contribution in [2.45, 2.75) is 25.7 Å². The van der Waals surface area contributed by atoms with Gasteiger partial charge in [0.25, 0.3) is 0 Å². The topological polar surface area (TPSA) is 68.0 Å². The van der Waals surface area contributed by atoms with Gasteiger partial charge in [0.05, 0.1) is 5.56 Å². The maximum Gasteiger partial charge on any atom is 0.250 e. The Labute approximate surface area is 107 Å². The number of hydrogen-bond acceptors (Lipinski definition) is 3. The standard InChI is InChI=1S/C14H19N3O/c15-14(18)11-3-4-13(16-7-11)17-8-12-6-9-1-2-10(12)5-9/h3-4,7,9-10,12H,1-2,5-6,8H2,(H2,15,18)(H,16,17). The van der Waals surface area contributed by atoms with Gasteiger partial charge in [-0.15, -0.1) is 0 Å². The number of nitrogens with one attached hydrogen (secondary N) is 1. The molecule has 0 aromatic carbocycles. The van der Waals surface area contributed by atoms with Crippen molar-refractivity contribution in [1.82, 2.24) is 4.98 Å². The largest absolute Gasteiger partial charge is 0.370 e. The summed E-state index contributed by atoms with van der Waals surface area (Å²) < 4.78 is 0. The first-order valence-corrected chi connectivity index (χ1v) is 6.72. The molecule has 0 radical (unpaired) electrons. The van der Waals surface area contributed by atoms with E-state index in [4.69, 9.17) is 5.73 Å². The monoisotopic (exact) mass is 245 g/mol. The number of hydrogen-bond donors (Lipinski definition) is 2. The molecule has 3 N–H and O–H groups in total. The van der Waals surface area contributed by atoms with Crippen LogP contribution >= 0.6 is 0 Å². The van der Waals surface area contributed by atoms with Crippen LogP contribution in [-0.2, 0) is 0 Å². The number of rotatable bonds is 4. The number of aromatic nitrogens is 1. The third kappa shape index (κ3) is 2.19. The van der Waals surface area contributed by atoms with Crippen molar-refractivity contribution in [1.29, 1.82) is 0 Å². The Kier molecular flexibility index (Phi) is 2.94. The van der Waals surface area contributed by atoms with E-state index in [1.807, 2.05) is 6.07 Å². The van der Waals surface area contributed by atoms with Crippen molar-refractivity contribution >= 4 is 11.7 Å². The molecule has 1 heterocycles. The van der Waals surface area contributed by atoms with Gasteiger partial charge in [-0.25, -0.2) is 4.98 Å². The zero-order valence-corrected chi connectivity index (χ0v) is 10.4. The third-order valence-electron chi connectivity index (χ3n) is 4.48. The summed E-state index contributed by atoms with van der Waals surface area (Å²) in [6, 6.07) is 3.55. The summed E-state index contributed by atoms with van der Waals surface area (Å²) in [6.45, 7) is 1.00. The molecule has 2 fully saturated rings. The highest BCUT2D eigenvalue weighted by atomic mass is 16.1. The number of amides is 1. The predicted octanol–water partition coefficient (Wildman–Crippen LogP) is 2.03. The van der Waals surface area contributed by atoms with E-state index in [1.54, 1.807) is 6.07 Å². The molecule has 0 aliphatic heterocycles. The molecule has 3 rings (SSSR count). The Morgan fingerprint density at radius 2 is 2.28 bits per heavy atom. The van der Waals surface area contributed by atoms with Crippen molar-refractivity contribution in [3.63, 3.8) is 0 Å². The summed E-state index contributed by atoms with van der Waals surface area (Å²) in [5.41, 5.74) is 5.64. The summed E-state index contributed by atoms with van der Waals surface area (Å²) >= 11 is 0. The molecule has 18 heavy (non-hydrogen) atoms. The van der Waals surface area contributed by atoms with Crippen LogP contribution in [0.25, 0.3) is 0 Å². The second kappa shape index (κ2) is 4.59. The van der Waals surface area contributed by atoms with Gasteiger partial charge in [-0.3, -0.25) is 4.79 Å². The Balaban J connectivity index is 1.55. The van der Waals surface area contributed by atoms with E-state index >= 15 is 0 Å². The number of carbonyl (C=O) groups excluding carboxylic acids is 1. The molecule has 1 aromatic heterocycles. The molecule has 4 heteroatoms. The molecule has 2 saturated carbocycles. The van der Waals surface area contributed by atoms with Gasteiger partial charge in [-0.2, -0.15) is 0 Å². The smallest absolute Gasteiger partial charge is 0.250 e. The lowest BCUT2D eigenvalue weighted by Crippen LogP contribution is -2.20. The molecule has 3 unspecified atom stereocenters. The lowest BCUT2D eigenvalue weighted by Gasteiger charge is -2.22. The first kappa shape index (κ1) is 11.5.